The predicted octanol–water partition coefficient (Wildman–Crippen LogP) is 0.588. The molecule has 4 N–H and O–H groups in total. The molecular formula is C14H22F3N3O5S. The highest BCUT2D eigenvalue weighted by molar-refractivity contribution is 7.84. The normalized spacial score (nSPS) is 18.0. The van der Waals surface area contributed by atoms with Crippen molar-refractivity contribution < 1.29 is 35.4 Å². The quantitative estimate of drug-likeness (QED) is 0.550. The highest BCUT2D eigenvalue weighted by atomic mass is 32.2. The summed E-state index contributed by atoms with van der Waals surface area (Å²) in [6, 6.07) is -1.13. The summed E-state index contributed by atoms with van der Waals surface area (Å²) >= 11 is 0. The molecule has 150 valence electrons. The molecule has 0 heterocycles. The number of Topliss-reactive ketones (excluding diaryl/α,β-unsaturated/α-hetero) is 1. The molecule has 8 nitrogen and oxygen atoms in total. The number of carbonyl (C=O) groups excluding carboxylic acids is 2. The van der Waals surface area contributed by atoms with Gasteiger partial charge in [-0.2, -0.15) is 17.2 Å². The fraction of sp³-hybridized carbons (Fsp3) is 0.714. The zero-order valence-electron chi connectivity index (χ0n) is 14.4. The molecule has 1 aliphatic rings. The zero-order valence-corrected chi connectivity index (χ0v) is 15.2. The van der Waals surface area contributed by atoms with Crippen molar-refractivity contribution in [2.24, 2.45) is 16.8 Å². The summed E-state index contributed by atoms with van der Waals surface area (Å²) in [7, 11) is -2.52. The fourth-order valence-electron chi connectivity index (χ4n) is 2.37. The van der Waals surface area contributed by atoms with Gasteiger partial charge in [-0.15, -0.1) is 0 Å². The third-order valence-corrected chi connectivity index (χ3v) is 4.49. The highest BCUT2D eigenvalue weighted by Gasteiger charge is 2.48. The van der Waals surface area contributed by atoms with Gasteiger partial charge in [0, 0.05) is 20.5 Å². The Hall–Kier alpha value is -1.50. The smallest absolute Gasteiger partial charge is 0.334 e. The van der Waals surface area contributed by atoms with Crippen LogP contribution in [-0.4, -0.2) is 50.7 Å². The van der Waals surface area contributed by atoms with E-state index in [4.69, 9.17) is 10.9 Å². The van der Waals surface area contributed by atoms with Gasteiger partial charge in [0.15, 0.2) is 17.2 Å². The molecule has 0 bridgehead atoms. The van der Waals surface area contributed by atoms with Gasteiger partial charge in [-0.1, -0.05) is 12.8 Å². The molecule has 1 unspecified atom stereocenters. The second-order valence-corrected chi connectivity index (χ2v) is 7.69. The summed E-state index contributed by atoms with van der Waals surface area (Å²) in [5, 5.41) is 4.70. The van der Waals surface area contributed by atoms with E-state index in [1.807, 2.05) is 0 Å². The lowest BCUT2D eigenvalue weighted by Gasteiger charge is -2.31. The number of nitrogens with two attached hydrogens (primary N) is 2. The molecule has 1 aliphatic carbocycles. The Bertz CT molecular complexity index is 690. The van der Waals surface area contributed by atoms with Gasteiger partial charge in [0.25, 0.3) is 0 Å². The predicted molar refractivity (Wildman–Crippen MR) is 85.5 cm³/mol. The van der Waals surface area contributed by atoms with Gasteiger partial charge in [-0.25, -0.2) is 13.7 Å². The third-order valence-electron chi connectivity index (χ3n) is 3.93. The van der Waals surface area contributed by atoms with E-state index in [2.05, 4.69) is 4.18 Å². The summed E-state index contributed by atoms with van der Waals surface area (Å²) in [6.45, 7) is 0. The first-order valence-electron chi connectivity index (χ1n) is 7.70. The SMILES string of the molecule is CN(C)C(=O)C[C@](CC(=O)C(N)CC1CC1)(OS(N)(=O)=O)C(F)=C(F)F. The molecule has 1 rings (SSSR count). The molecule has 0 radical (unpaired) electrons. The highest BCUT2D eigenvalue weighted by Crippen LogP contribution is 2.38. The van der Waals surface area contributed by atoms with E-state index in [-0.39, 0.29) is 12.3 Å². The second kappa shape index (κ2) is 8.46. The van der Waals surface area contributed by atoms with E-state index in [0.717, 1.165) is 17.7 Å². The molecule has 0 aromatic heterocycles. The van der Waals surface area contributed by atoms with Crippen molar-refractivity contribution in [2.75, 3.05) is 14.1 Å². The lowest BCUT2D eigenvalue weighted by Crippen LogP contribution is -2.47. The Kier molecular flexibility index (Phi) is 7.33. The molecule has 2 atom stereocenters. The average Bonchev–Trinajstić information content (AvgIpc) is 3.27. The molecule has 26 heavy (non-hydrogen) atoms. The molecule has 1 amide bonds. The Morgan fingerprint density at radius 1 is 1.23 bits per heavy atom. The van der Waals surface area contributed by atoms with E-state index in [1.165, 1.54) is 14.1 Å². The topological polar surface area (TPSA) is 133 Å². The van der Waals surface area contributed by atoms with Crippen LogP contribution in [0.25, 0.3) is 0 Å². The number of amides is 1. The largest absolute Gasteiger partial charge is 0.349 e. The maximum absolute atomic E-state index is 14.2. The molecule has 1 saturated carbocycles. The van der Waals surface area contributed by atoms with Crippen LogP contribution in [0, 0.1) is 5.92 Å². The van der Waals surface area contributed by atoms with Crippen molar-refractivity contribution in [3.63, 3.8) is 0 Å². The zero-order chi connectivity index (χ0) is 20.3. The number of nitrogens with zero attached hydrogens (tertiary/aromatic N) is 1. The van der Waals surface area contributed by atoms with Crippen LogP contribution in [-0.2, 0) is 24.1 Å². The fourth-order valence-corrected chi connectivity index (χ4v) is 3.00. The van der Waals surface area contributed by atoms with E-state index in [9.17, 15) is 31.2 Å². The van der Waals surface area contributed by atoms with Crippen LogP contribution in [0.1, 0.15) is 32.1 Å². The molecule has 0 aromatic carbocycles. The lowest BCUT2D eigenvalue weighted by atomic mass is 9.88. The summed E-state index contributed by atoms with van der Waals surface area (Å²) in [6.07, 6.45) is -3.33. The minimum atomic E-state index is -4.98. The summed E-state index contributed by atoms with van der Waals surface area (Å²) in [4.78, 5) is 25.1. The Morgan fingerprint density at radius 3 is 2.15 bits per heavy atom. The van der Waals surface area contributed by atoms with Crippen LogP contribution in [0.2, 0.25) is 0 Å². The van der Waals surface area contributed by atoms with Crippen molar-refractivity contribution >= 4 is 22.0 Å². The van der Waals surface area contributed by atoms with E-state index in [1.54, 1.807) is 0 Å². The number of rotatable bonds is 10. The first-order valence-corrected chi connectivity index (χ1v) is 9.17. The monoisotopic (exact) mass is 401 g/mol. The minimum absolute atomic E-state index is 0.198. The van der Waals surface area contributed by atoms with Gasteiger partial charge in [0.1, 0.15) is 0 Å². The molecule has 0 spiro atoms. The van der Waals surface area contributed by atoms with Crippen molar-refractivity contribution in [2.45, 2.75) is 43.7 Å². The maximum Gasteiger partial charge on any atom is 0.334 e. The van der Waals surface area contributed by atoms with Crippen LogP contribution >= 0.6 is 0 Å². The summed E-state index contributed by atoms with van der Waals surface area (Å²) < 4.78 is 67.1. The first kappa shape index (κ1) is 22.5. The lowest BCUT2D eigenvalue weighted by molar-refractivity contribution is -0.134. The summed E-state index contributed by atoms with van der Waals surface area (Å²) in [5.74, 6) is -4.02. The van der Waals surface area contributed by atoms with Crippen LogP contribution in [0.5, 0.6) is 0 Å². The van der Waals surface area contributed by atoms with Crippen molar-refractivity contribution in [3.05, 3.63) is 11.9 Å². The molecular weight excluding hydrogens is 379 g/mol. The number of ketones is 1. The van der Waals surface area contributed by atoms with E-state index >= 15 is 0 Å². The van der Waals surface area contributed by atoms with Gasteiger partial charge in [0.2, 0.25) is 5.91 Å². The van der Waals surface area contributed by atoms with Crippen molar-refractivity contribution in [1.82, 2.24) is 4.90 Å². The molecule has 12 heteroatoms. The van der Waals surface area contributed by atoms with E-state index in [0.29, 0.717) is 0 Å². The minimum Gasteiger partial charge on any atom is -0.349 e. The van der Waals surface area contributed by atoms with Gasteiger partial charge < -0.3 is 10.6 Å². The first-order chi connectivity index (χ1) is 11.8. The Morgan fingerprint density at radius 2 is 1.77 bits per heavy atom. The van der Waals surface area contributed by atoms with Crippen LogP contribution < -0.4 is 10.9 Å². The summed E-state index contributed by atoms with van der Waals surface area (Å²) in [5.41, 5.74) is 2.60. The van der Waals surface area contributed by atoms with Crippen molar-refractivity contribution in [1.29, 1.82) is 0 Å². The number of carbonyl (C=O) groups is 2. The molecule has 0 aliphatic heterocycles. The second-order valence-electron chi connectivity index (χ2n) is 6.54. The molecule has 0 aromatic rings. The van der Waals surface area contributed by atoms with Gasteiger partial charge in [0.05, 0.1) is 12.5 Å². The Labute approximate surface area is 149 Å². The number of hydrogen-bond donors (Lipinski definition) is 2. The van der Waals surface area contributed by atoms with Gasteiger partial charge >= 0.3 is 16.4 Å². The van der Waals surface area contributed by atoms with E-state index < -0.39 is 58.4 Å². The molecule has 1 fully saturated rings. The van der Waals surface area contributed by atoms with Crippen LogP contribution in [0.4, 0.5) is 13.2 Å². The van der Waals surface area contributed by atoms with Crippen molar-refractivity contribution in [3.8, 4) is 0 Å². The van der Waals surface area contributed by atoms with Crippen LogP contribution in [0.3, 0.4) is 0 Å². The Balaban J connectivity index is 3.27. The van der Waals surface area contributed by atoms with Gasteiger partial charge in [-0.05, 0) is 12.3 Å². The number of halogens is 3. The third kappa shape index (κ3) is 6.67. The van der Waals surface area contributed by atoms with Crippen LogP contribution in [0.15, 0.2) is 11.9 Å². The standard InChI is InChI=1S/C14H22F3N3O5S/c1-20(2)11(22)7-14(12(15)13(16)17,25-26(19,23)24)6-10(21)9(18)5-8-3-4-8/h8-9H,3-7,18H2,1-2H3,(H2,19,23,24)/t9?,14-/m0/s1. The molecule has 0 saturated heterocycles. The van der Waals surface area contributed by atoms with Gasteiger partial charge in [-0.3, -0.25) is 9.59 Å². The number of hydrogen-bond acceptors (Lipinski definition) is 6. The average molecular weight is 401 g/mol. The maximum atomic E-state index is 14.2.